The Kier molecular flexibility index (Phi) is 3.51. The minimum atomic E-state index is -1.12. The Bertz CT molecular complexity index is 437. The van der Waals surface area contributed by atoms with Crippen molar-refractivity contribution >= 4 is 5.97 Å². The summed E-state index contributed by atoms with van der Waals surface area (Å²) >= 11 is 0. The monoisotopic (exact) mass is 219 g/mol. The van der Waals surface area contributed by atoms with E-state index in [1.165, 1.54) is 0 Å². The summed E-state index contributed by atoms with van der Waals surface area (Å²) in [5.41, 5.74) is 2.42. The molecule has 1 rings (SSSR count). The number of rotatable bonds is 3. The molecule has 0 aliphatic rings. The van der Waals surface area contributed by atoms with Crippen LogP contribution >= 0.6 is 0 Å². The Hall–Kier alpha value is -2.02. The molecule has 0 amide bonds. The predicted octanol–water partition coefficient (Wildman–Crippen LogP) is 1.78. The van der Waals surface area contributed by atoms with Crippen LogP contribution in [0.15, 0.2) is 12.1 Å². The fraction of sp³-hybridized carbons (Fsp3) is 0.333. The fourth-order valence-electron chi connectivity index (χ4n) is 1.68. The third kappa shape index (κ3) is 2.51. The first-order chi connectivity index (χ1) is 7.45. The summed E-state index contributed by atoms with van der Waals surface area (Å²) in [6.45, 7) is 3.58. The van der Waals surface area contributed by atoms with Crippen LogP contribution in [0.5, 0.6) is 5.75 Å². The van der Waals surface area contributed by atoms with Crippen molar-refractivity contribution in [1.29, 1.82) is 5.26 Å². The van der Waals surface area contributed by atoms with Crippen LogP contribution in [-0.2, 0) is 11.2 Å². The van der Waals surface area contributed by atoms with Crippen molar-refractivity contribution in [2.24, 2.45) is 5.92 Å². The number of hydrogen-bond acceptors (Lipinski definition) is 3. The fourth-order valence-corrected chi connectivity index (χ4v) is 1.68. The first kappa shape index (κ1) is 12.1. The number of phenolic OH excluding ortho intramolecular Hbond substituents is 1. The van der Waals surface area contributed by atoms with E-state index in [4.69, 9.17) is 10.4 Å². The summed E-state index contributed by atoms with van der Waals surface area (Å²) in [5, 5.41) is 26.9. The van der Waals surface area contributed by atoms with Crippen LogP contribution in [-0.4, -0.2) is 16.2 Å². The SMILES string of the molecule is Cc1cc(O)cc(C)c1CC(C#N)C(=O)O. The van der Waals surface area contributed by atoms with E-state index >= 15 is 0 Å². The van der Waals surface area contributed by atoms with Crippen LogP contribution in [0, 0.1) is 31.1 Å². The molecule has 1 aromatic rings. The Morgan fingerprint density at radius 3 is 2.31 bits per heavy atom. The minimum absolute atomic E-state index is 0.155. The van der Waals surface area contributed by atoms with E-state index in [0.29, 0.717) is 0 Å². The number of aryl methyl sites for hydroxylation is 2. The molecule has 0 radical (unpaired) electrons. The zero-order valence-electron chi connectivity index (χ0n) is 9.19. The molecule has 0 fully saturated rings. The number of aliphatic carboxylic acids is 1. The largest absolute Gasteiger partial charge is 0.508 e. The summed E-state index contributed by atoms with van der Waals surface area (Å²) in [6, 6.07) is 4.89. The molecule has 1 atom stereocenters. The summed E-state index contributed by atoms with van der Waals surface area (Å²) in [4.78, 5) is 10.8. The van der Waals surface area contributed by atoms with E-state index in [1.807, 2.05) is 0 Å². The van der Waals surface area contributed by atoms with Gasteiger partial charge in [-0.25, -0.2) is 0 Å². The number of nitrogens with zero attached hydrogens (tertiary/aromatic N) is 1. The molecule has 0 heterocycles. The maximum atomic E-state index is 10.8. The molecule has 16 heavy (non-hydrogen) atoms. The molecule has 0 bridgehead atoms. The molecular weight excluding hydrogens is 206 g/mol. The second-order valence-electron chi connectivity index (χ2n) is 3.78. The lowest BCUT2D eigenvalue weighted by atomic mass is 9.93. The van der Waals surface area contributed by atoms with Crippen molar-refractivity contribution < 1.29 is 15.0 Å². The van der Waals surface area contributed by atoms with Gasteiger partial charge in [-0.05, 0) is 49.1 Å². The van der Waals surface area contributed by atoms with Gasteiger partial charge in [0.1, 0.15) is 11.7 Å². The van der Waals surface area contributed by atoms with Gasteiger partial charge < -0.3 is 10.2 Å². The lowest BCUT2D eigenvalue weighted by molar-refractivity contribution is -0.139. The average Bonchev–Trinajstić information content (AvgIpc) is 2.15. The van der Waals surface area contributed by atoms with Crippen molar-refractivity contribution in [3.63, 3.8) is 0 Å². The zero-order chi connectivity index (χ0) is 12.3. The third-order valence-electron chi connectivity index (χ3n) is 2.54. The molecule has 0 spiro atoms. The summed E-state index contributed by atoms with van der Waals surface area (Å²) in [6.07, 6.45) is 0.170. The van der Waals surface area contributed by atoms with Crippen molar-refractivity contribution in [3.05, 3.63) is 28.8 Å². The van der Waals surface area contributed by atoms with Crippen LogP contribution in [0.1, 0.15) is 16.7 Å². The number of carboxylic acid groups (broad SMARTS) is 1. The highest BCUT2D eigenvalue weighted by Crippen LogP contribution is 2.23. The Morgan fingerprint density at radius 2 is 1.94 bits per heavy atom. The van der Waals surface area contributed by atoms with Gasteiger partial charge in [-0.3, -0.25) is 4.79 Å². The summed E-state index contributed by atoms with van der Waals surface area (Å²) in [7, 11) is 0. The molecule has 4 heteroatoms. The maximum Gasteiger partial charge on any atom is 0.321 e. The third-order valence-corrected chi connectivity index (χ3v) is 2.54. The van der Waals surface area contributed by atoms with Gasteiger partial charge in [0.2, 0.25) is 0 Å². The van der Waals surface area contributed by atoms with Crippen molar-refractivity contribution in [2.75, 3.05) is 0 Å². The Morgan fingerprint density at radius 1 is 1.44 bits per heavy atom. The number of phenols is 1. The number of benzene rings is 1. The topological polar surface area (TPSA) is 81.3 Å². The lowest BCUT2D eigenvalue weighted by Gasteiger charge is -2.11. The van der Waals surface area contributed by atoms with Crippen molar-refractivity contribution in [1.82, 2.24) is 0 Å². The van der Waals surface area contributed by atoms with Gasteiger partial charge >= 0.3 is 5.97 Å². The van der Waals surface area contributed by atoms with Crippen LogP contribution in [0.2, 0.25) is 0 Å². The number of nitriles is 1. The van der Waals surface area contributed by atoms with Crippen LogP contribution in [0.25, 0.3) is 0 Å². The molecule has 2 N–H and O–H groups in total. The van der Waals surface area contributed by atoms with Gasteiger partial charge in [-0.2, -0.15) is 5.26 Å². The Labute approximate surface area is 93.8 Å². The summed E-state index contributed by atoms with van der Waals surface area (Å²) in [5.74, 6) is -2.00. The highest BCUT2D eigenvalue weighted by atomic mass is 16.4. The van der Waals surface area contributed by atoms with E-state index in [1.54, 1.807) is 32.0 Å². The van der Waals surface area contributed by atoms with Crippen LogP contribution < -0.4 is 0 Å². The molecule has 0 aliphatic carbocycles. The zero-order valence-corrected chi connectivity index (χ0v) is 9.19. The van der Waals surface area contributed by atoms with Gasteiger partial charge in [0.15, 0.2) is 0 Å². The first-order valence-electron chi connectivity index (χ1n) is 4.87. The first-order valence-corrected chi connectivity index (χ1v) is 4.87. The van der Waals surface area contributed by atoms with E-state index in [9.17, 15) is 9.90 Å². The second kappa shape index (κ2) is 4.67. The predicted molar refractivity (Wildman–Crippen MR) is 58.0 cm³/mol. The minimum Gasteiger partial charge on any atom is -0.508 e. The number of aromatic hydroxyl groups is 1. The van der Waals surface area contributed by atoms with Crippen LogP contribution in [0.4, 0.5) is 0 Å². The second-order valence-corrected chi connectivity index (χ2v) is 3.78. The quantitative estimate of drug-likeness (QED) is 0.811. The van der Waals surface area contributed by atoms with Gasteiger partial charge in [-0.1, -0.05) is 0 Å². The lowest BCUT2D eigenvalue weighted by Crippen LogP contribution is -2.15. The van der Waals surface area contributed by atoms with E-state index in [-0.39, 0.29) is 12.2 Å². The normalized spacial score (nSPS) is 11.8. The number of hydrogen-bond donors (Lipinski definition) is 2. The van der Waals surface area contributed by atoms with E-state index in [2.05, 4.69) is 0 Å². The number of carbonyl (C=O) groups is 1. The molecule has 4 nitrogen and oxygen atoms in total. The summed E-state index contributed by atoms with van der Waals surface area (Å²) < 4.78 is 0. The van der Waals surface area contributed by atoms with Gasteiger partial charge in [0, 0.05) is 0 Å². The van der Waals surface area contributed by atoms with Gasteiger partial charge in [-0.15, -0.1) is 0 Å². The molecule has 0 saturated heterocycles. The molecule has 0 saturated carbocycles. The smallest absolute Gasteiger partial charge is 0.321 e. The maximum absolute atomic E-state index is 10.8. The molecule has 0 aliphatic heterocycles. The Balaban J connectivity index is 3.07. The van der Waals surface area contributed by atoms with Crippen LogP contribution in [0.3, 0.4) is 0 Å². The highest BCUT2D eigenvalue weighted by Gasteiger charge is 2.19. The molecule has 1 aromatic carbocycles. The average molecular weight is 219 g/mol. The standard InChI is InChI=1S/C12H13NO3/c1-7-3-10(14)4-8(2)11(7)5-9(6-13)12(15)16/h3-4,9,14H,5H2,1-2H3,(H,15,16). The van der Waals surface area contributed by atoms with Crippen molar-refractivity contribution in [3.8, 4) is 11.8 Å². The molecule has 84 valence electrons. The molecular formula is C12H13NO3. The van der Waals surface area contributed by atoms with Gasteiger partial charge in [0.25, 0.3) is 0 Å². The van der Waals surface area contributed by atoms with E-state index in [0.717, 1.165) is 16.7 Å². The van der Waals surface area contributed by atoms with Gasteiger partial charge in [0.05, 0.1) is 6.07 Å². The number of carboxylic acids is 1. The highest BCUT2D eigenvalue weighted by molar-refractivity contribution is 5.73. The van der Waals surface area contributed by atoms with E-state index < -0.39 is 11.9 Å². The van der Waals surface area contributed by atoms with Crippen molar-refractivity contribution in [2.45, 2.75) is 20.3 Å². The molecule has 1 unspecified atom stereocenters. The molecule has 0 aromatic heterocycles.